The Morgan fingerprint density at radius 2 is 2.16 bits per heavy atom. The first kappa shape index (κ1) is 13.7. The lowest BCUT2D eigenvalue weighted by molar-refractivity contribution is -0.919. The van der Waals surface area contributed by atoms with Gasteiger partial charge < -0.3 is 20.5 Å². The molecule has 1 heterocycles. The smallest absolute Gasteiger partial charge is 0.220 e. The summed E-state index contributed by atoms with van der Waals surface area (Å²) >= 11 is 0. The topological polar surface area (TPSA) is 77.0 Å². The van der Waals surface area contributed by atoms with Crippen molar-refractivity contribution in [3.63, 3.8) is 0 Å². The molecule has 1 amide bonds. The standard InChI is InChI=1S/C14H20N2O3/c1-19-12-4-2-3-11(13(12)17)9-16-7-5-10(6-8-16)14(15)18/h2-4,10,17H,5-9H2,1H3,(H2,15,18)/p+1. The Hall–Kier alpha value is -1.75. The van der Waals surface area contributed by atoms with Gasteiger partial charge in [-0.2, -0.15) is 0 Å². The van der Waals surface area contributed by atoms with Crippen molar-refractivity contribution in [1.82, 2.24) is 0 Å². The van der Waals surface area contributed by atoms with Crippen LogP contribution in [0.5, 0.6) is 11.5 Å². The fourth-order valence-corrected chi connectivity index (χ4v) is 2.63. The molecule has 5 heteroatoms. The summed E-state index contributed by atoms with van der Waals surface area (Å²) in [6, 6.07) is 5.53. The van der Waals surface area contributed by atoms with Crippen LogP contribution in [0.15, 0.2) is 18.2 Å². The quantitative estimate of drug-likeness (QED) is 0.698. The van der Waals surface area contributed by atoms with Crippen molar-refractivity contribution in [2.45, 2.75) is 19.4 Å². The monoisotopic (exact) mass is 265 g/mol. The van der Waals surface area contributed by atoms with Gasteiger partial charge in [0.2, 0.25) is 5.91 Å². The van der Waals surface area contributed by atoms with Gasteiger partial charge in [0.25, 0.3) is 0 Å². The Bertz CT molecular complexity index is 454. The van der Waals surface area contributed by atoms with Crippen molar-refractivity contribution in [3.05, 3.63) is 23.8 Å². The van der Waals surface area contributed by atoms with Crippen LogP contribution in [-0.2, 0) is 11.3 Å². The molecule has 5 nitrogen and oxygen atoms in total. The number of ether oxygens (including phenoxy) is 1. The van der Waals surface area contributed by atoms with Gasteiger partial charge in [0.15, 0.2) is 11.5 Å². The van der Waals surface area contributed by atoms with E-state index in [1.807, 2.05) is 12.1 Å². The lowest BCUT2D eigenvalue weighted by Crippen LogP contribution is -3.11. The maximum Gasteiger partial charge on any atom is 0.220 e. The first-order chi connectivity index (χ1) is 9.11. The second-order valence-corrected chi connectivity index (χ2v) is 5.07. The molecule has 1 aliphatic heterocycles. The zero-order valence-electron chi connectivity index (χ0n) is 11.2. The molecule has 0 bridgehead atoms. The number of nitrogens with one attached hydrogen (secondary N) is 1. The number of phenolic OH excluding ortho intramolecular Hbond substituents is 1. The molecule has 0 unspecified atom stereocenters. The average Bonchev–Trinajstić information content (AvgIpc) is 2.42. The van der Waals surface area contributed by atoms with Gasteiger partial charge in [0.1, 0.15) is 6.54 Å². The number of hydrogen-bond donors (Lipinski definition) is 3. The number of rotatable bonds is 4. The first-order valence-corrected chi connectivity index (χ1v) is 6.59. The van der Waals surface area contributed by atoms with Crippen LogP contribution in [0.4, 0.5) is 0 Å². The van der Waals surface area contributed by atoms with Crippen LogP contribution in [0.1, 0.15) is 18.4 Å². The minimum atomic E-state index is -0.191. The van der Waals surface area contributed by atoms with Crippen molar-refractivity contribution in [3.8, 4) is 11.5 Å². The number of aromatic hydroxyl groups is 1. The minimum absolute atomic E-state index is 0.0163. The van der Waals surface area contributed by atoms with E-state index in [4.69, 9.17) is 10.5 Å². The van der Waals surface area contributed by atoms with Gasteiger partial charge in [0, 0.05) is 18.8 Å². The van der Waals surface area contributed by atoms with E-state index in [2.05, 4.69) is 0 Å². The highest BCUT2D eigenvalue weighted by atomic mass is 16.5. The maximum atomic E-state index is 11.1. The number of benzene rings is 1. The van der Waals surface area contributed by atoms with Gasteiger partial charge >= 0.3 is 0 Å². The minimum Gasteiger partial charge on any atom is -0.504 e. The summed E-state index contributed by atoms with van der Waals surface area (Å²) in [5.41, 5.74) is 6.20. The number of quaternary nitrogens is 1. The van der Waals surface area contributed by atoms with E-state index in [0.29, 0.717) is 5.75 Å². The van der Waals surface area contributed by atoms with Gasteiger partial charge in [-0.05, 0) is 12.1 Å². The molecule has 104 valence electrons. The summed E-state index contributed by atoms with van der Waals surface area (Å²) in [5, 5.41) is 10.0. The van der Waals surface area contributed by atoms with E-state index in [9.17, 15) is 9.90 Å². The number of likely N-dealkylation sites (tertiary alicyclic amines) is 1. The van der Waals surface area contributed by atoms with Gasteiger partial charge in [0.05, 0.1) is 25.8 Å². The molecular weight excluding hydrogens is 244 g/mol. The van der Waals surface area contributed by atoms with Crippen molar-refractivity contribution in [2.24, 2.45) is 11.7 Å². The van der Waals surface area contributed by atoms with Gasteiger partial charge in [-0.25, -0.2) is 0 Å². The number of phenols is 1. The summed E-state index contributed by atoms with van der Waals surface area (Å²) < 4.78 is 5.10. The van der Waals surface area contributed by atoms with E-state index in [1.54, 1.807) is 13.2 Å². The molecule has 1 saturated heterocycles. The van der Waals surface area contributed by atoms with Crippen LogP contribution in [0.3, 0.4) is 0 Å². The predicted molar refractivity (Wildman–Crippen MR) is 71.0 cm³/mol. The third-order valence-electron chi connectivity index (χ3n) is 3.84. The summed E-state index contributed by atoms with van der Waals surface area (Å²) in [6.45, 7) is 2.56. The molecule has 2 rings (SSSR count). The van der Waals surface area contributed by atoms with Crippen LogP contribution >= 0.6 is 0 Å². The molecule has 0 aliphatic carbocycles. The van der Waals surface area contributed by atoms with Crippen molar-refractivity contribution >= 4 is 5.91 Å². The van der Waals surface area contributed by atoms with E-state index in [1.165, 1.54) is 4.90 Å². The summed E-state index contributed by atoms with van der Waals surface area (Å²) in [7, 11) is 1.55. The molecule has 19 heavy (non-hydrogen) atoms. The largest absolute Gasteiger partial charge is 0.504 e. The molecule has 4 N–H and O–H groups in total. The van der Waals surface area contributed by atoms with Gasteiger partial charge in [-0.15, -0.1) is 0 Å². The number of methoxy groups -OCH3 is 1. The maximum absolute atomic E-state index is 11.1. The van der Waals surface area contributed by atoms with E-state index < -0.39 is 0 Å². The Kier molecular flexibility index (Phi) is 4.27. The Morgan fingerprint density at radius 3 is 2.74 bits per heavy atom. The number of nitrogens with two attached hydrogens (primary N) is 1. The number of hydrogen-bond acceptors (Lipinski definition) is 3. The van der Waals surface area contributed by atoms with Crippen molar-refractivity contribution in [2.75, 3.05) is 20.2 Å². The van der Waals surface area contributed by atoms with Crippen molar-refractivity contribution in [1.29, 1.82) is 0 Å². The van der Waals surface area contributed by atoms with E-state index >= 15 is 0 Å². The Morgan fingerprint density at radius 1 is 1.47 bits per heavy atom. The zero-order chi connectivity index (χ0) is 13.8. The van der Waals surface area contributed by atoms with Gasteiger partial charge in [-0.3, -0.25) is 4.79 Å². The fourth-order valence-electron chi connectivity index (χ4n) is 2.63. The molecule has 0 spiro atoms. The number of amides is 1. The zero-order valence-corrected chi connectivity index (χ0v) is 11.2. The van der Waals surface area contributed by atoms with Crippen LogP contribution in [0.2, 0.25) is 0 Å². The molecule has 0 aromatic heterocycles. The number of carbonyl (C=O) groups excluding carboxylic acids is 1. The second-order valence-electron chi connectivity index (χ2n) is 5.07. The lowest BCUT2D eigenvalue weighted by Gasteiger charge is -2.28. The third kappa shape index (κ3) is 3.17. The predicted octanol–water partition coefficient (Wildman–Crippen LogP) is -0.319. The SMILES string of the molecule is COc1cccc(C[NH+]2CCC(C(N)=O)CC2)c1O. The number of piperidine rings is 1. The van der Waals surface area contributed by atoms with Crippen LogP contribution < -0.4 is 15.4 Å². The lowest BCUT2D eigenvalue weighted by atomic mass is 9.96. The average molecular weight is 265 g/mol. The Balaban J connectivity index is 1.98. The normalized spacial score (nSPS) is 23.0. The highest BCUT2D eigenvalue weighted by Crippen LogP contribution is 2.28. The molecule has 0 saturated carbocycles. The molecule has 0 radical (unpaired) electrons. The fraction of sp³-hybridized carbons (Fsp3) is 0.500. The third-order valence-corrected chi connectivity index (χ3v) is 3.84. The summed E-state index contributed by atoms with van der Waals surface area (Å²) in [6.07, 6.45) is 1.66. The van der Waals surface area contributed by atoms with Crippen LogP contribution in [0, 0.1) is 5.92 Å². The summed E-state index contributed by atoms with van der Waals surface area (Å²) in [5.74, 6) is 0.546. The molecular formula is C14H21N2O3+. The first-order valence-electron chi connectivity index (χ1n) is 6.59. The molecule has 1 aromatic carbocycles. The molecule has 0 atom stereocenters. The van der Waals surface area contributed by atoms with E-state index in [-0.39, 0.29) is 17.6 Å². The second kappa shape index (κ2) is 5.93. The number of carbonyl (C=O) groups is 1. The number of primary amides is 1. The molecule has 1 aromatic rings. The van der Waals surface area contributed by atoms with Crippen LogP contribution in [0.25, 0.3) is 0 Å². The molecule has 1 fully saturated rings. The Labute approximate surface area is 113 Å². The number of para-hydroxylation sites is 1. The molecule has 1 aliphatic rings. The van der Waals surface area contributed by atoms with E-state index in [0.717, 1.165) is 38.0 Å². The summed E-state index contributed by atoms with van der Waals surface area (Å²) in [4.78, 5) is 12.5. The van der Waals surface area contributed by atoms with Crippen molar-refractivity contribution < 1.29 is 19.5 Å². The van der Waals surface area contributed by atoms with Gasteiger partial charge in [-0.1, -0.05) is 6.07 Å². The van der Waals surface area contributed by atoms with Crippen LogP contribution in [-0.4, -0.2) is 31.2 Å². The highest BCUT2D eigenvalue weighted by molar-refractivity contribution is 5.76. The highest BCUT2D eigenvalue weighted by Gasteiger charge is 2.26.